The summed E-state index contributed by atoms with van der Waals surface area (Å²) in [5.74, 6) is -1.82. The van der Waals surface area contributed by atoms with Gasteiger partial charge in [-0.25, -0.2) is 18.3 Å². The van der Waals surface area contributed by atoms with Gasteiger partial charge in [-0.2, -0.15) is 9.40 Å². The molecular weight excluding hydrogens is 504 g/mol. The molecular formula is C25H21ClN4O5S. The lowest BCUT2D eigenvalue weighted by atomic mass is 10.1. The Bertz CT molecular complexity index is 1570. The zero-order chi connectivity index (χ0) is 25.5. The second kappa shape index (κ2) is 9.05. The van der Waals surface area contributed by atoms with Gasteiger partial charge >= 0.3 is 11.7 Å². The number of H-pyrrole nitrogens is 2. The van der Waals surface area contributed by atoms with E-state index in [0.29, 0.717) is 10.6 Å². The van der Waals surface area contributed by atoms with Gasteiger partial charge in [0.05, 0.1) is 11.4 Å². The number of benzene rings is 3. The van der Waals surface area contributed by atoms with Gasteiger partial charge in [-0.3, -0.25) is 9.78 Å². The van der Waals surface area contributed by atoms with E-state index in [4.69, 9.17) is 11.6 Å². The van der Waals surface area contributed by atoms with Crippen molar-refractivity contribution in [2.75, 3.05) is 0 Å². The first-order chi connectivity index (χ1) is 17.2. The third kappa shape index (κ3) is 4.23. The summed E-state index contributed by atoms with van der Waals surface area (Å²) in [7, 11) is -4.32. The molecule has 9 nitrogen and oxygen atoms in total. The molecule has 0 aliphatic heterocycles. The lowest BCUT2D eigenvalue weighted by Gasteiger charge is -2.28. The van der Waals surface area contributed by atoms with E-state index in [2.05, 4.69) is 15.2 Å². The zero-order valence-corrected chi connectivity index (χ0v) is 20.3. The van der Waals surface area contributed by atoms with E-state index in [9.17, 15) is 23.1 Å². The zero-order valence-electron chi connectivity index (χ0n) is 18.8. The number of carboxylic acid groups (broad SMARTS) is 1. The standard InChI is InChI=1S/C25H21ClN4O5S/c26-19-10-6-16(7-11-19)17-8-12-20(13-9-17)36(34,35)30(15-22-27-24(33)29-28-22)25(23(31)32)14-21(25)18-4-2-1-3-5-18/h1-13,21H,14-15H2,(H,31,32)(H2,27,28,29,33). The van der Waals surface area contributed by atoms with Crippen LogP contribution in [0.2, 0.25) is 5.02 Å². The highest BCUT2D eigenvalue weighted by atomic mass is 35.5. The fraction of sp³-hybridized carbons (Fsp3) is 0.160. The van der Waals surface area contributed by atoms with Crippen molar-refractivity contribution in [3.63, 3.8) is 0 Å². The molecule has 1 aliphatic rings. The Balaban J connectivity index is 1.56. The maximum absolute atomic E-state index is 13.9. The van der Waals surface area contributed by atoms with Gasteiger partial charge in [-0.1, -0.05) is 66.2 Å². The average Bonchev–Trinajstić information content (AvgIpc) is 3.50. The largest absolute Gasteiger partial charge is 0.480 e. The van der Waals surface area contributed by atoms with Crippen LogP contribution in [-0.4, -0.2) is 44.5 Å². The summed E-state index contributed by atoms with van der Waals surface area (Å²) < 4.78 is 28.8. The molecule has 0 amide bonds. The van der Waals surface area contributed by atoms with Gasteiger partial charge in [0.2, 0.25) is 10.0 Å². The third-order valence-corrected chi connectivity index (χ3v) is 8.57. The molecule has 0 bridgehead atoms. The lowest BCUT2D eigenvalue weighted by Crippen LogP contribution is -2.48. The van der Waals surface area contributed by atoms with E-state index in [0.717, 1.165) is 15.4 Å². The molecule has 1 aliphatic carbocycles. The van der Waals surface area contributed by atoms with Crippen LogP contribution >= 0.6 is 11.6 Å². The Kier molecular flexibility index (Phi) is 6.03. The van der Waals surface area contributed by atoms with Crippen molar-refractivity contribution in [1.82, 2.24) is 19.5 Å². The first-order valence-electron chi connectivity index (χ1n) is 11.0. The number of aliphatic carboxylic acids is 1. The number of sulfonamides is 1. The van der Waals surface area contributed by atoms with Gasteiger partial charge in [0.15, 0.2) is 0 Å². The summed E-state index contributed by atoms with van der Waals surface area (Å²) in [6.07, 6.45) is 0.0864. The molecule has 4 aromatic rings. The Hall–Kier alpha value is -3.73. The van der Waals surface area contributed by atoms with Crippen molar-refractivity contribution in [3.05, 3.63) is 106 Å². The number of hydrogen-bond acceptors (Lipinski definition) is 5. The molecule has 2 unspecified atom stereocenters. The summed E-state index contributed by atoms with van der Waals surface area (Å²) >= 11 is 5.95. The normalized spacial score (nSPS) is 19.3. The summed E-state index contributed by atoms with van der Waals surface area (Å²) in [6.45, 7) is -0.421. The summed E-state index contributed by atoms with van der Waals surface area (Å²) in [5, 5.41) is 16.9. The Labute approximate surface area is 211 Å². The molecule has 3 aromatic carbocycles. The average molecular weight is 525 g/mol. The second-order valence-corrected chi connectivity index (χ2v) is 10.9. The minimum absolute atomic E-state index is 0.0145. The molecule has 1 aromatic heterocycles. The van der Waals surface area contributed by atoms with Crippen molar-refractivity contribution in [3.8, 4) is 11.1 Å². The van der Waals surface area contributed by atoms with E-state index in [1.54, 1.807) is 54.6 Å². The molecule has 1 fully saturated rings. The number of carboxylic acids is 1. The number of aromatic nitrogens is 3. The monoisotopic (exact) mass is 524 g/mol. The van der Waals surface area contributed by atoms with Crippen LogP contribution in [-0.2, 0) is 21.4 Å². The first kappa shape index (κ1) is 24.0. The highest BCUT2D eigenvalue weighted by molar-refractivity contribution is 7.89. The van der Waals surface area contributed by atoms with E-state index in [1.807, 2.05) is 12.1 Å². The van der Waals surface area contributed by atoms with Crippen LogP contribution in [0, 0.1) is 0 Å². The van der Waals surface area contributed by atoms with Crippen LogP contribution in [0.15, 0.2) is 88.6 Å². The number of carbonyl (C=O) groups is 1. The van der Waals surface area contributed by atoms with E-state index >= 15 is 0 Å². The fourth-order valence-corrected chi connectivity index (χ4v) is 6.36. The molecule has 11 heteroatoms. The maximum atomic E-state index is 13.9. The van der Waals surface area contributed by atoms with Crippen molar-refractivity contribution < 1.29 is 18.3 Å². The Morgan fingerprint density at radius 1 is 1.03 bits per heavy atom. The van der Waals surface area contributed by atoms with E-state index < -0.39 is 39.7 Å². The van der Waals surface area contributed by atoms with Gasteiger partial charge in [0, 0.05) is 10.9 Å². The van der Waals surface area contributed by atoms with Crippen LogP contribution < -0.4 is 5.69 Å². The van der Waals surface area contributed by atoms with E-state index in [-0.39, 0.29) is 17.1 Å². The minimum Gasteiger partial charge on any atom is -0.480 e. The summed E-state index contributed by atoms with van der Waals surface area (Å²) in [6, 6.07) is 22.2. The first-order valence-corrected chi connectivity index (χ1v) is 12.8. The van der Waals surface area contributed by atoms with Crippen molar-refractivity contribution in [2.45, 2.75) is 29.3 Å². The lowest BCUT2D eigenvalue weighted by molar-refractivity contribution is -0.143. The number of nitrogens with one attached hydrogen (secondary N) is 2. The number of rotatable bonds is 8. The van der Waals surface area contributed by atoms with Crippen LogP contribution in [0.25, 0.3) is 11.1 Å². The predicted octanol–water partition coefficient (Wildman–Crippen LogP) is 3.62. The second-order valence-electron chi connectivity index (χ2n) is 8.56. The molecule has 0 saturated heterocycles. The van der Waals surface area contributed by atoms with Gasteiger partial charge in [0.25, 0.3) is 0 Å². The number of nitrogens with zero attached hydrogens (tertiary/aromatic N) is 2. The maximum Gasteiger partial charge on any atom is 0.340 e. The third-order valence-electron chi connectivity index (χ3n) is 6.41. The van der Waals surface area contributed by atoms with E-state index in [1.165, 1.54) is 12.1 Å². The summed E-state index contributed by atoms with van der Waals surface area (Å²) in [5.41, 5.74) is -0.00801. The predicted molar refractivity (Wildman–Crippen MR) is 133 cm³/mol. The summed E-state index contributed by atoms with van der Waals surface area (Å²) in [4.78, 5) is 26.6. The number of aromatic amines is 2. The van der Waals surface area contributed by atoms with Gasteiger partial charge < -0.3 is 5.11 Å². The molecule has 1 heterocycles. The fourth-order valence-electron chi connectivity index (χ4n) is 4.50. The molecule has 184 valence electrons. The van der Waals surface area contributed by atoms with Gasteiger partial charge in [-0.05, 0) is 47.4 Å². The van der Waals surface area contributed by atoms with Gasteiger partial charge in [0.1, 0.15) is 11.4 Å². The molecule has 5 rings (SSSR count). The minimum atomic E-state index is -4.32. The highest BCUT2D eigenvalue weighted by Gasteiger charge is 2.68. The topological polar surface area (TPSA) is 136 Å². The molecule has 0 radical (unpaired) electrons. The van der Waals surface area contributed by atoms with Crippen LogP contribution in [0.3, 0.4) is 0 Å². The SMILES string of the molecule is O=C(O)C1(N(Cc2n[nH]c(=O)[nH]2)S(=O)(=O)c2ccc(-c3ccc(Cl)cc3)cc2)CC1c1ccccc1. The quantitative estimate of drug-likeness (QED) is 0.322. The van der Waals surface area contributed by atoms with Crippen molar-refractivity contribution in [1.29, 1.82) is 0 Å². The molecule has 3 N–H and O–H groups in total. The molecule has 0 spiro atoms. The Morgan fingerprint density at radius 3 is 2.19 bits per heavy atom. The molecule has 1 saturated carbocycles. The van der Waals surface area contributed by atoms with Gasteiger partial charge in [-0.15, -0.1) is 0 Å². The van der Waals surface area contributed by atoms with Crippen molar-refractivity contribution >= 4 is 27.6 Å². The number of hydrogen-bond donors (Lipinski definition) is 3. The van der Waals surface area contributed by atoms with Crippen LogP contribution in [0.5, 0.6) is 0 Å². The highest BCUT2D eigenvalue weighted by Crippen LogP contribution is 2.57. The van der Waals surface area contributed by atoms with Crippen LogP contribution in [0.1, 0.15) is 23.7 Å². The Morgan fingerprint density at radius 2 is 1.64 bits per heavy atom. The number of halogens is 1. The van der Waals surface area contributed by atoms with Crippen molar-refractivity contribution in [2.24, 2.45) is 0 Å². The molecule has 36 heavy (non-hydrogen) atoms. The van der Waals surface area contributed by atoms with Crippen LogP contribution in [0.4, 0.5) is 0 Å². The molecule has 2 atom stereocenters. The smallest absolute Gasteiger partial charge is 0.340 e.